The van der Waals surface area contributed by atoms with E-state index in [4.69, 9.17) is 5.11 Å². The predicted molar refractivity (Wildman–Crippen MR) is 121 cm³/mol. The Labute approximate surface area is 175 Å². The maximum atomic E-state index is 12.6. The normalized spacial score (nSPS) is 13.4. The van der Waals surface area contributed by atoms with Crippen molar-refractivity contribution in [3.8, 4) is 5.75 Å². The first-order valence-corrected chi connectivity index (χ1v) is 11.1. The topological polar surface area (TPSA) is 60.8 Å². The quantitative estimate of drug-likeness (QED) is 0.332. The molecule has 4 nitrogen and oxygen atoms in total. The average molecular weight is 400 g/mol. The summed E-state index contributed by atoms with van der Waals surface area (Å²) in [4.78, 5) is 14.6. The van der Waals surface area contributed by atoms with Crippen LogP contribution < -0.4 is 4.90 Å². The number of aromatic hydroxyl groups is 1. The highest BCUT2D eigenvalue weighted by molar-refractivity contribution is 5.97. The molecule has 0 aliphatic carbocycles. The summed E-state index contributed by atoms with van der Waals surface area (Å²) in [5.74, 6) is 0.514. The number of rotatable bonds is 14. The van der Waals surface area contributed by atoms with Crippen LogP contribution in [0.25, 0.3) is 0 Å². The maximum absolute atomic E-state index is 12.6. The number of hydrogen-bond acceptors (Lipinski definition) is 3. The fourth-order valence-corrected chi connectivity index (χ4v) is 4.20. The zero-order valence-electron chi connectivity index (χ0n) is 17.8. The van der Waals surface area contributed by atoms with Crippen LogP contribution in [0.15, 0.2) is 31.4 Å². The Hall–Kier alpha value is -2.07. The highest BCUT2D eigenvalue weighted by atomic mass is 16.3. The number of anilines is 1. The molecule has 0 bridgehead atoms. The number of hydrogen-bond donors (Lipinski definition) is 2. The van der Waals surface area contributed by atoms with Crippen molar-refractivity contribution in [1.82, 2.24) is 0 Å². The lowest BCUT2D eigenvalue weighted by molar-refractivity contribution is -0.118. The van der Waals surface area contributed by atoms with Crippen molar-refractivity contribution in [2.45, 2.75) is 77.0 Å². The van der Waals surface area contributed by atoms with E-state index in [1.807, 2.05) is 17.0 Å². The number of benzene rings is 1. The van der Waals surface area contributed by atoms with Gasteiger partial charge in [-0.15, -0.1) is 13.2 Å². The fourth-order valence-electron chi connectivity index (χ4n) is 4.20. The molecule has 2 rings (SSSR count). The van der Waals surface area contributed by atoms with Crippen molar-refractivity contribution in [3.63, 3.8) is 0 Å². The van der Waals surface area contributed by atoms with Crippen molar-refractivity contribution < 1.29 is 15.0 Å². The van der Waals surface area contributed by atoms with Gasteiger partial charge >= 0.3 is 0 Å². The zero-order valence-corrected chi connectivity index (χ0v) is 17.8. The summed E-state index contributed by atoms with van der Waals surface area (Å²) in [6.45, 7) is 8.67. The highest BCUT2D eigenvalue weighted by Crippen LogP contribution is 2.39. The third-order valence-corrected chi connectivity index (χ3v) is 5.76. The molecular weight excluding hydrogens is 362 g/mol. The molecule has 2 N–H and O–H groups in total. The minimum absolute atomic E-state index is 0.182. The van der Waals surface area contributed by atoms with Crippen LogP contribution in [0.3, 0.4) is 0 Å². The Morgan fingerprint density at radius 2 is 1.55 bits per heavy atom. The van der Waals surface area contributed by atoms with E-state index in [9.17, 15) is 9.90 Å². The van der Waals surface area contributed by atoms with Crippen molar-refractivity contribution in [2.24, 2.45) is 0 Å². The molecule has 0 fully saturated rings. The van der Waals surface area contributed by atoms with Gasteiger partial charge in [-0.25, -0.2) is 0 Å². The van der Waals surface area contributed by atoms with E-state index < -0.39 is 0 Å². The van der Waals surface area contributed by atoms with E-state index in [-0.39, 0.29) is 5.91 Å². The molecule has 4 heteroatoms. The number of fused-ring (bicyclic) bond motifs is 1. The summed E-state index contributed by atoms with van der Waals surface area (Å²) in [5, 5.41) is 19.5. The minimum atomic E-state index is 0.182. The summed E-state index contributed by atoms with van der Waals surface area (Å²) in [7, 11) is 0. The maximum Gasteiger partial charge on any atom is 0.227 e. The van der Waals surface area contributed by atoms with Crippen molar-refractivity contribution in [1.29, 1.82) is 0 Å². The van der Waals surface area contributed by atoms with E-state index in [1.165, 1.54) is 25.7 Å². The lowest BCUT2D eigenvalue weighted by atomic mass is 9.90. The van der Waals surface area contributed by atoms with Gasteiger partial charge in [-0.3, -0.25) is 4.79 Å². The third kappa shape index (κ3) is 6.46. The van der Waals surface area contributed by atoms with Crippen molar-refractivity contribution >= 4 is 11.6 Å². The predicted octanol–water partition coefficient (Wildman–Crippen LogP) is 5.24. The van der Waals surface area contributed by atoms with Crippen LogP contribution in [0.2, 0.25) is 0 Å². The first-order valence-electron chi connectivity index (χ1n) is 11.1. The number of carbonyl (C=O) groups is 1. The number of unbranched alkanes of at least 4 members (excludes halogenated alkanes) is 7. The number of aliphatic hydroxyl groups excluding tert-OH is 1. The first kappa shape index (κ1) is 23.2. The van der Waals surface area contributed by atoms with Crippen LogP contribution in [-0.2, 0) is 24.1 Å². The van der Waals surface area contributed by atoms with Crippen LogP contribution in [0, 0.1) is 0 Å². The number of allylic oxidation sites excluding steroid dienone is 2. The fraction of sp³-hybridized carbons (Fsp3) is 0.560. The first-order chi connectivity index (χ1) is 14.1. The smallest absolute Gasteiger partial charge is 0.227 e. The molecule has 160 valence electrons. The SMILES string of the molecule is C=CCc1cc2c(c(CC=C)c1O)CCC(=O)N2CCCCCCCCCCO. The third-order valence-electron chi connectivity index (χ3n) is 5.76. The second-order valence-electron chi connectivity index (χ2n) is 7.94. The lowest BCUT2D eigenvalue weighted by Crippen LogP contribution is -2.36. The molecule has 1 aliphatic heterocycles. The van der Waals surface area contributed by atoms with Gasteiger partial charge in [0.05, 0.1) is 0 Å². The van der Waals surface area contributed by atoms with E-state index in [0.29, 0.717) is 38.0 Å². The molecule has 0 saturated carbocycles. The molecule has 0 atom stereocenters. The van der Waals surface area contributed by atoms with Crippen LogP contribution in [0.4, 0.5) is 5.69 Å². The Morgan fingerprint density at radius 1 is 0.931 bits per heavy atom. The van der Waals surface area contributed by atoms with E-state index in [1.54, 1.807) is 6.08 Å². The Kier molecular flexibility index (Phi) is 9.99. The van der Waals surface area contributed by atoms with Gasteiger partial charge in [0.15, 0.2) is 0 Å². The average Bonchev–Trinajstić information content (AvgIpc) is 2.71. The molecule has 0 aromatic heterocycles. The van der Waals surface area contributed by atoms with Crippen LogP contribution in [0.1, 0.15) is 74.5 Å². The second-order valence-corrected chi connectivity index (χ2v) is 7.94. The van der Waals surface area contributed by atoms with Gasteiger partial charge in [-0.1, -0.05) is 50.7 Å². The lowest BCUT2D eigenvalue weighted by Gasteiger charge is -2.32. The molecule has 1 aromatic carbocycles. The summed E-state index contributed by atoms with van der Waals surface area (Å²) >= 11 is 0. The largest absolute Gasteiger partial charge is 0.507 e. The molecular formula is C25H37NO3. The molecule has 1 amide bonds. The van der Waals surface area contributed by atoms with Gasteiger partial charge in [-0.05, 0) is 49.3 Å². The van der Waals surface area contributed by atoms with Gasteiger partial charge in [0, 0.05) is 30.8 Å². The highest BCUT2D eigenvalue weighted by Gasteiger charge is 2.28. The van der Waals surface area contributed by atoms with Crippen molar-refractivity contribution in [2.75, 3.05) is 18.1 Å². The van der Waals surface area contributed by atoms with Gasteiger partial charge in [0.1, 0.15) is 5.75 Å². The summed E-state index contributed by atoms with van der Waals surface area (Å²) in [6.07, 6.45) is 14.9. The minimum Gasteiger partial charge on any atom is -0.507 e. The number of carbonyl (C=O) groups excluding carboxylic acids is 1. The summed E-state index contributed by atoms with van der Waals surface area (Å²) < 4.78 is 0. The Bertz CT molecular complexity index is 696. The summed E-state index contributed by atoms with van der Waals surface area (Å²) in [5.41, 5.74) is 3.81. The molecule has 1 aromatic rings. The monoisotopic (exact) mass is 399 g/mol. The molecule has 1 heterocycles. The van der Waals surface area contributed by atoms with Crippen LogP contribution in [0.5, 0.6) is 5.75 Å². The van der Waals surface area contributed by atoms with Gasteiger partial charge in [-0.2, -0.15) is 0 Å². The molecule has 29 heavy (non-hydrogen) atoms. The number of phenolic OH excluding ortho intramolecular Hbond substituents is 1. The molecule has 0 saturated heterocycles. The van der Waals surface area contributed by atoms with Crippen LogP contribution in [-0.4, -0.2) is 29.3 Å². The number of amides is 1. The number of aliphatic hydroxyl groups is 1. The molecule has 0 spiro atoms. The van der Waals surface area contributed by atoms with E-state index >= 15 is 0 Å². The molecule has 1 aliphatic rings. The van der Waals surface area contributed by atoms with Gasteiger partial charge < -0.3 is 15.1 Å². The number of phenols is 1. The van der Waals surface area contributed by atoms with E-state index in [2.05, 4.69) is 13.2 Å². The standard InChI is InChI=1S/C25H37NO3/c1-3-13-20-19-23-21(22(14-4-2)25(20)29)15-16-24(28)26(23)17-11-9-7-5-6-8-10-12-18-27/h3-4,19,27,29H,1-2,5-18H2. The van der Waals surface area contributed by atoms with E-state index in [0.717, 1.165) is 54.6 Å². The summed E-state index contributed by atoms with van der Waals surface area (Å²) in [6, 6.07) is 1.98. The van der Waals surface area contributed by atoms with Gasteiger partial charge in [0.2, 0.25) is 5.91 Å². The Balaban J connectivity index is 2.00. The second kappa shape index (κ2) is 12.5. The Morgan fingerprint density at radius 3 is 2.17 bits per heavy atom. The van der Waals surface area contributed by atoms with Gasteiger partial charge in [0.25, 0.3) is 0 Å². The molecule has 0 unspecified atom stereocenters. The molecule has 0 radical (unpaired) electrons. The van der Waals surface area contributed by atoms with Crippen LogP contribution >= 0.6 is 0 Å². The zero-order chi connectivity index (χ0) is 21.1. The van der Waals surface area contributed by atoms with Crippen molar-refractivity contribution in [3.05, 3.63) is 48.1 Å². The number of nitrogens with zero attached hydrogens (tertiary/aromatic N) is 1.